The van der Waals surface area contributed by atoms with Crippen molar-refractivity contribution >= 4 is 17.2 Å². The van der Waals surface area contributed by atoms with Crippen LogP contribution >= 0.6 is 11.3 Å². The van der Waals surface area contributed by atoms with Crippen LogP contribution in [0, 0.1) is 0 Å². The summed E-state index contributed by atoms with van der Waals surface area (Å²) in [6.07, 6.45) is 4.44. The zero-order valence-electron chi connectivity index (χ0n) is 13.5. The van der Waals surface area contributed by atoms with Crippen LogP contribution in [-0.2, 0) is 17.8 Å². The lowest BCUT2D eigenvalue weighted by Crippen LogP contribution is -2.34. The van der Waals surface area contributed by atoms with Crippen molar-refractivity contribution in [3.8, 4) is 11.5 Å². The fourth-order valence-electron chi connectivity index (χ4n) is 2.34. The van der Waals surface area contributed by atoms with Gasteiger partial charge in [0.15, 0.2) is 0 Å². The highest BCUT2D eigenvalue weighted by Gasteiger charge is 2.15. The summed E-state index contributed by atoms with van der Waals surface area (Å²) in [6.45, 7) is 3.98. The zero-order chi connectivity index (χ0) is 16.8. The van der Waals surface area contributed by atoms with Gasteiger partial charge in [-0.3, -0.25) is 9.48 Å². The van der Waals surface area contributed by atoms with Crippen molar-refractivity contribution in [1.29, 1.82) is 0 Å². The first-order chi connectivity index (χ1) is 11.8. The molecule has 0 atom stereocenters. The maximum Gasteiger partial charge on any atom is 0.248 e. The number of aromatic nitrogens is 4. The van der Waals surface area contributed by atoms with E-state index in [0.717, 1.165) is 5.56 Å². The third kappa shape index (κ3) is 4.08. The van der Waals surface area contributed by atoms with E-state index in [1.54, 1.807) is 17.5 Å². The maximum atomic E-state index is 12.4. The molecular weight excluding hydrogens is 326 g/mol. The minimum atomic E-state index is 0.0833. The lowest BCUT2D eigenvalue weighted by atomic mass is 10.2. The molecule has 0 radical (unpaired) electrons. The molecule has 1 amide bonds. The molecule has 0 aliphatic heterocycles. The van der Waals surface area contributed by atoms with Crippen molar-refractivity contribution in [3.05, 3.63) is 41.2 Å². The monoisotopic (exact) mass is 345 g/mol. The number of carbonyl (C=O) groups is 1. The van der Waals surface area contributed by atoms with E-state index in [1.165, 1.54) is 0 Å². The normalized spacial score (nSPS) is 10.9. The number of thiophene rings is 1. The number of carbonyl (C=O) groups excluding carboxylic acids is 1. The number of nitrogens with zero attached hydrogens (tertiary/aromatic N) is 5. The number of hydrogen-bond acceptors (Lipinski definition) is 6. The SMILES string of the molecule is CCN(CCn1cccn1)C(=O)CCc1nnc(-c2ccsc2)o1. The van der Waals surface area contributed by atoms with Gasteiger partial charge in [-0.05, 0) is 24.4 Å². The van der Waals surface area contributed by atoms with E-state index in [2.05, 4.69) is 15.3 Å². The third-order valence-electron chi connectivity index (χ3n) is 3.68. The Bertz CT molecular complexity index is 751. The van der Waals surface area contributed by atoms with Gasteiger partial charge in [0.2, 0.25) is 17.7 Å². The predicted molar refractivity (Wildman–Crippen MR) is 90.4 cm³/mol. The topological polar surface area (TPSA) is 77.1 Å². The van der Waals surface area contributed by atoms with Crippen LogP contribution in [0.15, 0.2) is 39.7 Å². The predicted octanol–water partition coefficient (Wildman–Crippen LogP) is 2.48. The lowest BCUT2D eigenvalue weighted by molar-refractivity contribution is -0.131. The van der Waals surface area contributed by atoms with E-state index in [0.29, 0.717) is 44.3 Å². The lowest BCUT2D eigenvalue weighted by Gasteiger charge is -2.20. The van der Waals surface area contributed by atoms with Crippen molar-refractivity contribution in [2.75, 3.05) is 13.1 Å². The molecule has 0 saturated carbocycles. The van der Waals surface area contributed by atoms with Gasteiger partial charge in [-0.25, -0.2) is 0 Å². The Kier molecular flexibility index (Phi) is 5.37. The van der Waals surface area contributed by atoms with Gasteiger partial charge in [0, 0.05) is 49.3 Å². The fourth-order valence-corrected chi connectivity index (χ4v) is 2.97. The minimum Gasteiger partial charge on any atom is -0.421 e. The van der Waals surface area contributed by atoms with Gasteiger partial charge in [-0.15, -0.1) is 10.2 Å². The van der Waals surface area contributed by atoms with Gasteiger partial charge >= 0.3 is 0 Å². The van der Waals surface area contributed by atoms with Crippen molar-refractivity contribution < 1.29 is 9.21 Å². The van der Waals surface area contributed by atoms with Gasteiger partial charge in [0.05, 0.1) is 6.54 Å². The van der Waals surface area contributed by atoms with Crippen LogP contribution in [0.1, 0.15) is 19.2 Å². The Labute approximate surface area is 143 Å². The van der Waals surface area contributed by atoms with Crippen LogP contribution in [0.25, 0.3) is 11.5 Å². The summed E-state index contributed by atoms with van der Waals surface area (Å²) >= 11 is 1.58. The molecule has 0 N–H and O–H groups in total. The summed E-state index contributed by atoms with van der Waals surface area (Å²) in [5.74, 6) is 1.08. The molecule has 3 heterocycles. The number of hydrogen-bond donors (Lipinski definition) is 0. The van der Waals surface area contributed by atoms with Crippen molar-refractivity contribution in [2.45, 2.75) is 26.3 Å². The molecule has 0 fully saturated rings. The van der Waals surface area contributed by atoms with Gasteiger partial charge in [-0.2, -0.15) is 16.4 Å². The van der Waals surface area contributed by atoms with Crippen LogP contribution in [0.2, 0.25) is 0 Å². The van der Waals surface area contributed by atoms with E-state index in [1.807, 2.05) is 45.6 Å². The van der Waals surface area contributed by atoms with E-state index in [-0.39, 0.29) is 5.91 Å². The maximum absolute atomic E-state index is 12.4. The minimum absolute atomic E-state index is 0.0833. The molecule has 7 nitrogen and oxygen atoms in total. The highest BCUT2D eigenvalue weighted by molar-refractivity contribution is 7.08. The summed E-state index contributed by atoms with van der Waals surface area (Å²) in [4.78, 5) is 14.2. The molecule has 0 aliphatic rings. The summed E-state index contributed by atoms with van der Waals surface area (Å²) in [7, 11) is 0. The number of aryl methyl sites for hydroxylation is 1. The molecule has 0 saturated heterocycles. The molecule has 0 bridgehead atoms. The van der Waals surface area contributed by atoms with E-state index < -0.39 is 0 Å². The largest absolute Gasteiger partial charge is 0.421 e. The second kappa shape index (κ2) is 7.87. The van der Waals surface area contributed by atoms with Crippen molar-refractivity contribution in [2.24, 2.45) is 0 Å². The summed E-state index contributed by atoms with van der Waals surface area (Å²) in [5, 5.41) is 16.1. The standard InChI is InChI=1S/C16H19N5O2S/c1-2-20(9-10-21-8-3-7-17-21)15(22)5-4-14-18-19-16(23-14)13-6-11-24-12-13/h3,6-8,11-12H,2,4-5,9-10H2,1H3. The van der Waals surface area contributed by atoms with Crippen molar-refractivity contribution in [1.82, 2.24) is 24.9 Å². The zero-order valence-corrected chi connectivity index (χ0v) is 14.3. The Morgan fingerprint density at radius 1 is 1.42 bits per heavy atom. The number of rotatable bonds is 8. The molecule has 0 unspecified atom stereocenters. The Balaban J connectivity index is 1.50. The molecule has 0 aliphatic carbocycles. The average molecular weight is 345 g/mol. The molecule has 126 valence electrons. The highest BCUT2D eigenvalue weighted by Crippen LogP contribution is 2.20. The third-order valence-corrected chi connectivity index (χ3v) is 4.36. The van der Waals surface area contributed by atoms with Crippen LogP contribution in [0.5, 0.6) is 0 Å². The Morgan fingerprint density at radius 2 is 2.33 bits per heavy atom. The van der Waals surface area contributed by atoms with Crippen LogP contribution in [-0.4, -0.2) is 43.9 Å². The number of likely N-dealkylation sites (N-methyl/N-ethyl adjacent to an activating group) is 1. The average Bonchev–Trinajstić information content (AvgIpc) is 3.33. The van der Waals surface area contributed by atoms with Gasteiger partial charge in [-0.1, -0.05) is 0 Å². The summed E-state index contributed by atoms with van der Waals surface area (Å²) in [6, 6.07) is 3.81. The molecule has 24 heavy (non-hydrogen) atoms. The fraction of sp³-hybridized carbons (Fsp3) is 0.375. The Morgan fingerprint density at radius 3 is 3.04 bits per heavy atom. The Hall–Kier alpha value is -2.48. The quantitative estimate of drug-likeness (QED) is 0.627. The smallest absolute Gasteiger partial charge is 0.248 e. The first kappa shape index (κ1) is 16.4. The van der Waals surface area contributed by atoms with E-state index in [4.69, 9.17) is 4.42 Å². The second-order valence-corrected chi connectivity index (χ2v) is 6.04. The van der Waals surface area contributed by atoms with Crippen LogP contribution in [0.4, 0.5) is 0 Å². The molecule has 3 aromatic heterocycles. The first-order valence-corrected chi connectivity index (χ1v) is 8.80. The second-order valence-electron chi connectivity index (χ2n) is 5.26. The molecule has 0 aromatic carbocycles. The molecule has 3 rings (SSSR count). The summed E-state index contributed by atoms with van der Waals surface area (Å²) < 4.78 is 7.43. The molecule has 0 spiro atoms. The molecular formula is C16H19N5O2S. The summed E-state index contributed by atoms with van der Waals surface area (Å²) in [5.41, 5.74) is 0.916. The number of amides is 1. The highest BCUT2D eigenvalue weighted by atomic mass is 32.1. The van der Waals surface area contributed by atoms with Gasteiger partial charge in [0.25, 0.3) is 0 Å². The van der Waals surface area contributed by atoms with E-state index in [9.17, 15) is 4.79 Å². The first-order valence-electron chi connectivity index (χ1n) is 7.86. The van der Waals surface area contributed by atoms with Crippen molar-refractivity contribution in [3.63, 3.8) is 0 Å². The van der Waals surface area contributed by atoms with E-state index >= 15 is 0 Å². The molecule has 3 aromatic rings. The molecule has 8 heteroatoms. The van der Waals surface area contributed by atoms with Gasteiger partial charge in [0.1, 0.15) is 0 Å². The van der Waals surface area contributed by atoms with Crippen LogP contribution in [0.3, 0.4) is 0 Å². The van der Waals surface area contributed by atoms with Crippen LogP contribution < -0.4 is 0 Å². The van der Waals surface area contributed by atoms with Gasteiger partial charge < -0.3 is 9.32 Å².